The number of nitrogens with zero attached hydrogens (tertiary/aromatic N) is 2. The van der Waals surface area contributed by atoms with E-state index in [1.165, 1.54) is 11.1 Å². The van der Waals surface area contributed by atoms with E-state index in [0.717, 1.165) is 0 Å². The maximum atomic E-state index is 12.4. The normalized spacial score (nSPS) is 19.8. The molecule has 128 valence electrons. The van der Waals surface area contributed by atoms with Gasteiger partial charge in [0.2, 0.25) is 0 Å². The van der Waals surface area contributed by atoms with Crippen LogP contribution < -0.4 is 4.74 Å². The lowest BCUT2D eigenvalue weighted by Crippen LogP contribution is -2.51. The number of hydrogen-bond acceptors (Lipinski definition) is 5. The van der Waals surface area contributed by atoms with Crippen LogP contribution in [0.15, 0.2) is 18.2 Å². The summed E-state index contributed by atoms with van der Waals surface area (Å²) in [7, 11) is 0.292. The molecule has 1 fully saturated rings. The average Bonchev–Trinajstić information content (AvgIpc) is 2.79. The molecule has 6 nitrogen and oxygen atoms in total. The van der Waals surface area contributed by atoms with Crippen LogP contribution in [0, 0.1) is 0 Å². The van der Waals surface area contributed by atoms with E-state index < -0.39 is 9.84 Å². The van der Waals surface area contributed by atoms with Crippen molar-refractivity contribution in [2.45, 2.75) is 12.5 Å². The van der Waals surface area contributed by atoms with Crippen molar-refractivity contribution < 1.29 is 17.9 Å². The van der Waals surface area contributed by atoms with E-state index in [0.29, 0.717) is 22.2 Å². The smallest absolute Gasteiger partial charge is 0.275 e. The minimum atomic E-state index is -3.09. The molecule has 1 amide bonds. The zero-order valence-electron chi connectivity index (χ0n) is 12.8. The van der Waals surface area contributed by atoms with E-state index in [9.17, 15) is 13.2 Å². The van der Waals surface area contributed by atoms with Crippen LogP contribution in [0.3, 0.4) is 0 Å². The molecule has 1 aromatic carbocycles. The average molecular weight is 381 g/mol. The van der Waals surface area contributed by atoms with E-state index >= 15 is 0 Å². The fourth-order valence-electron chi connectivity index (χ4n) is 2.52. The zero-order chi connectivity index (χ0) is 17.2. The van der Waals surface area contributed by atoms with Crippen LogP contribution in [0.4, 0.5) is 0 Å². The number of rotatable bonds is 5. The summed E-state index contributed by atoms with van der Waals surface area (Å²) in [5.74, 6) is 0.0314. The number of sulfone groups is 1. The Balaban J connectivity index is 2.06. The Bertz CT molecular complexity index is 694. The number of benzene rings is 1. The second-order valence-corrected chi connectivity index (χ2v) is 8.58. The van der Waals surface area contributed by atoms with Gasteiger partial charge in [-0.05, 0) is 18.6 Å². The van der Waals surface area contributed by atoms with Crippen LogP contribution in [0.1, 0.15) is 6.42 Å². The first-order valence-electron chi connectivity index (χ1n) is 6.97. The Morgan fingerprint density at radius 1 is 1.35 bits per heavy atom. The van der Waals surface area contributed by atoms with E-state index in [1.54, 1.807) is 31.2 Å². The predicted octanol–water partition coefficient (Wildman–Crippen LogP) is 1.86. The van der Waals surface area contributed by atoms with Gasteiger partial charge in [0.1, 0.15) is 5.75 Å². The summed E-state index contributed by atoms with van der Waals surface area (Å²) >= 11 is 11.9. The first kappa shape index (κ1) is 18.3. The van der Waals surface area contributed by atoms with Gasteiger partial charge in [0.05, 0.1) is 22.6 Å². The van der Waals surface area contributed by atoms with E-state index in [-0.39, 0.29) is 30.1 Å². The highest BCUT2D eigenvalue weighted by molar-refractivity contribution is 7.91. The number of carbonyl (C=O) groups is 1. The van der Waals surface area contributed by atoms with Crippen molar-refractivity contribution in [3.05, 3.63) is 28.2 Å². The van der Waals surface area contributed by atoms with Gasteiger partial charge in [-0.3, -0.25) is 9.80 Å². The summed E-state index contributed by atoms with van der Waals surface area (Å²) in [5.41, 5.74) is 0. The molecule has 2 rings (SSSR count). The monoisotopic (exact) mass is 380 g/mol. The lowest BCUT2D eigenvalue weighted by atomic mass is 10.2. The van der Waals surface area contributed by atoms with Crippen molar-refractivity contribution in [3.8, 4) is 5.75 Å². The summed E-state index contributed by atoms with van der Waals surface area (Å²) in [4.78, 5) is 12.4. The first-order chi connectivity index (χ1) is 10.7. The van der Waals surface area contributed by atoms with Crippen molar-refractivity contribution >= 4 is 38.9 Å². The molecule has 0 bridgehead atoms. The Hall–Kier alpha value is -1.02. The Morgan fingerprint density at radius 3 is 2.61 bits per heavy atom. The van der Waals surface area contributed by atoms with Crippen LogP contribution >= 0.6 is 23.2 Å². The topological polar surface area (TPSA) is 66.9 Å². The summed E-state index contributed by atoms with van der Waals surface area (Å²) in [6.45, 7) is -0.255. The van der Waals surface area contributed by atoms with Crippen LogP contribution in [-0.4, -0.2) is 62.6 Å². The molecule has 0 aliphatic carbocycles. The molecular weight excluding hydrogens is 363 g/mol. The minimum Gasteiger partial charge on any atom is -0.482 e. The van der Waals surface area contributed by atoms with Crippen molar-refractivity contribution in [3.63, 3.8) is 0 Å². The highest BCUT2D eigenvalue weighted by Crippen LogP contribution is 2.28. The number of ether oxygens (including phenoxy) is 1. The van der Waals surface area contributed by atoms with Crippen molar-refractivity contribution in [1.29, 1.82) is 0 Å². The maximum absolute atomic E-state index is 12.4. The highest BCUT2D eigenvalue weighted by atomic mass is 35.5. The number of halogens is 2. The van der Waals surface area contributed by atoms with Gasteiger partial charge in [-0.1, -0.05) is 23.2 Å². The van der Waals surface area contributed by atoms with E-state index in [1.807, 2.05) is 0 Å². The van der Waals surface area contributed by atoms with Crippen LogP contribution in [0.2, 0.25) is 10.0 Å². The molecule has 0 saturated carbocycles. The lowest BCUT2D eigenvalue weighted by Gasteiger charge is -2.33. The molecule has 1 aliphatic rings. The van der Waals surface area contributed by atoms with Crippen LogP contribution in [0.25, 0.3) is 0 Å². The molecule has 0 spiro atoms. The van der Waals surface area contributed by atoms with Gasteiger partial charge >= 0.3 is 0 Å². The third kappa shape index (κ3) is 4.73. The molecule has 1 aliphatic heterocycles. The Labute approximate surface area is 145 Å². The van der Waals surface area contributed by atoms with Crippen molar-refractivity contribution in [2.24, 2.45) is 0 Å². The summed E-state index contributed by atoms with van der Waals surface area (Å²) < 4.78 is 28.7. The molecule has 0 aromatic heterocycles. The molecular formula is C14H18Cl2N2O4S. The summed E-state index contributed by atoms with van der Waals surface area (Å²) in [5, 5.41) is 3.80. The highest BCUT2D eigenvalue weighted by Gasteiger charge is 2.36. The van der Waals surface area contributed by atoms with Gasteiger partial charge in [-0.2, -0.15) is 0 Å². The molecule has 1 saturated heterocycles. The minimum absolute atomic E-state index is 0.0329. The molecule has 1 heterocycles. The molecule has 0 N–H and O–H groups in total. The third-order valence-electron chi connectivity index (χ3n) is 3.49. The predicted molar refractivity (Wildman–Crippen MR) is 89.5 cm³/mol. The standard InChI is InChI=1S/C14H18Cl2N2O4S/c1-17(2)18(11-5-6-23(20,21)9-11)14(19)8-22-13-7-10(15)3-4-12(13)16/h3-4,7,11H,5-6,8-9H2,1-2H3/t11-/m0/s1. The van der Waals surface area contributed by atoms with Crippen molar-refractivity contribution in [2.75, 3.05) is 32.2 Å². The van der Waals surface area contributed by atoms with Gasteiger partial charge in [0.15, 0.2) is 16.4 Å². The number of amides is 1. The molecule has 0 unspecified atom stereocenters. The molecule has 23 heavy (non-hydrogen) atoms. The van der Waals surface area contributed by atoms with Gasteiger partial charge in [-0.15, -0.1) is 0 Å². The Morgan fingerprint density at radius 2 is 2.04 bits per heavy atom. The Kier molecular flexibility index (Phi) is 5.78. The molecule has 1 atom stereocenters. The molecule has 1 aromatic rings. The first-order valence-corrected chi connectivity index (χ1v) is 9.55. The lowest BCUT2D eigenvalue weighted by molar-refractivity contribution is -0.151. The maximum Gasteiger partial charge on any atom is 0.275 e. The zero-order valence-corrected chi connectivity index (χ0v) is 15.2. The SMILES string of the molecule is CN(C)N(C(=O)COc1cc(Cl)ccc1Cl)[C@H]1CCS(=O)(=O)C1. The third-order valence-corrected chi connectivity index (χ3v) is 5.78. The second kappa shape index (κ2) is 7.25. The second-order valence-electron chi connectivity index (χ2n) is 5.51. The number of carbonyl (C=O) groups excluding carboxylic acids is 1. The largest absolute Gasteiger partial charge is 0.482 e. The van der Waals surface area contributed by atoms with Crippen LogP contribution in [0.5, 0.6) is 5.75 Å². The van der Waals surface area contributed by atoms with Gasteiger partial charge in [-0.25, -0.2) is 13.4 Å². The van der Waals surface area contributed by atoms with Gasteiger partial charge in [0.25, 0.3) is 5.91 Å². The fraction of sp³-hybridized carbons (Fsp3) is 0.500. The van der Waals surface area contributed by atoms with E-state index in [2.05, 4.69) is 0 Å². The quantitative estimate of drug-likeness (QED) is 0.729. The summed E-state index contributed by atoms with van der Waals surface area (Å²) in [6.07, 6.45) is 0.421. The van der Waals surface area contributed by atoms with E-state index in [4.69, 9.17) is 27.9 Å². The molecule has 0 radical (unpaired) electrons. The van der Waals surface area contributed by atoms with Gasteiger partial charge in [0, 0.05) is 25.2 Å². The molecule has 9 heteroatoms. The summed E-state index contributed by atoms with van der Waals surface area (Å²) in [6, 6.07) is 4.35. The number of hydrazine groups is 1. The van der Waals surface area contributed by atoms with Gasteiger partial charge < -0.3 is 4.74 Å². The number of hydrogen-bond donors (Lipinski definition) is 0. The van der Waals surface area contributed by atoms with Crippen LogP contribution in [-0.2, 0) is 14.6 Å². The fourth-order valence-corrected chi connectivity index (χ4v) is 4.54. The van der Waals surface area contributed by atoms with Crippen molar-refractivity contribution in [1.82, 2.24) is 10.0 Å².